The minimum atomic E-state index is -2.64. The number of anilines is 1. The number of amides is 1. The molecule has 1 fully saturated rings. The molecule has 0 bridgehead atoms. The first-order valence-electron chi connectivity index (χ1n) is 7.56. The molecule has 1 aliphatic rings. The Hall–Kier alpha value is -2.64. The second-order valence-corrected chi connectivity index (χ2v) is 5.51. The number of aryl methyl sites for hydroxylation is 1. The molecule has 0 aromatic carbocycles. The molecule has 6 nitrogen and oxygen atoms in total. The van der Waals surface area contributed by atoms with Crippen LogP contribution in [0.25, 0.3) is 0 Å². The third-order valence-electron chi connectivity index (χ3n) is 3.46. The van der Waals surface area contributed by atoms with Crippen LogP contribution in [0, 0.1) is 6.92 Å². The number of pyridine rings is 1. The fourth-order valence-electron chi connectivity index (χ4n) is 2.25. The maximum Gasteiger partial charge on any atom is 0.272 e. The highest BCUT2D eigenvalue weighted by Crippen LogP contribution is 2.39. The Morgan fingerprint density at radius 1 is 1.42 bits per heavy atom. The number of hydrogen-bond donors (Lipinski definition) is 1. The molecule has 0 atom stereocenters. The van der Waals surface area contributed by atoms with E-state index in [9.17, 15) is 13.6 Å². The lowest BCUT2D eigenvalue weighted by Gasteiger charge is -2.11. The third kappa shape index (κ3) is 4.01. The molecule has 0 unspecified atom stereocenters. The number of hydrogen-bond acceptors (Lipinski definition) is 5. The van der Waals surface area contributed by atoms with Crippen LogP contribution in [0.4, 0.5) is 14.6 Å². The van der Waals surface area contributed by atoms with Crippen LogP contribution in [0.3, 0.4) is 0 Å². The van der Waals surface area contributed by atoms with Crippen molar-refractivity contribution in [3.05, 3.63) is 41.5 Å². The van der Waals surface area contributed by atoms with Gasteiger partial charge in [-0.3, -0.25) is 4.79 Å². The number of halogens is 2. The number of carbonyl (C=O) groups is 1. The normalized spacial score (nSPS) is 13.8. The Morgan fingerprint density at radius 2 is 2.21 bits per heavy atom. The Balaban J connectivity index is 1.77. The van der Waals surface area contributed by atoms with E-state index in [1.165, 1.54) is 18.3 Å². The van der Waals surface area contributed by atoms with E-state index in [0.29, 0.717) is 17.6 Å². The van der Waals surface area contributed by atoms with E-state index >= 15 is 0 Å². The summed E-state index contributed by atoms with van der Waals surface area (Å²) in [7, 11) is 0. The molecule has 8 heteroatoms. The van der Waals surface area contributed by atoms with Gasteiger partial charge in [0.15, 0.2) is 6.61 Å². The highest BCUT2D eigenvalue weighted by atomic mass is 19.3. The monoisotopic (exact) mass is 334 g/mol. The van der Waals surface area contributed by atoms with Crippen molar-refractivity contribution in [1.82, 2.24) is 15.0 Å². The molecular weight excluding hydrogens is 318 g/mol. The first-order valence-corrected chi connectivity index (χ1v) is 7.56. The zero-order chi connectivity index (χ0) is 17.1. The maximum atomic E-state index is 12.4. The van der Waals surface area contributed by atoms with Gasteiger partial charge in [0.25, 0.3) is 12.3 Å². The van der Waals surface area contributed by atoms with Gasteiger partial charge in [0.1, 0.15) is 17.2 Å². The minimum absolute atomic E-state index is 0.0717. The standard InChI is InChI=1S/C16H16F2N4O2/c1-9-20-12(10-4-5-10)7-14(21-9)22-15(23)11-3-2-6-19-16(11)24-8-13(17)18/h2-3,6-7,10,13H,4-5,8H2,1H3,(H,20,21,22,23). The Morgan fingerprint density at radius 3 is 2.92 bits per heavy atom. The predicted molar refractivity (Wildman–Crippen MR) is 82.4 cm³/mol. The zero-order valence-electron chi connectivity index (χ0n) is 13.0. The summed E-state index contributed by atoms with van der Waals surface area (Å²) in [6.45, 7) is 0.929. The molecule has 1 N–H and O–H groups in total. The molecule has 2 heterocycles. The first kappa shape index (κ1) is 16.2. The van der Waals surface area contributed by atoms with Crippen molar-refractivity contribution in [2.75, 3.05) is 11.9 Å². The number of rotatable bonds is 6. The van der Waals surface area contributed by atoms with Crippen LogP contribution in [0.1, 0.15) is 40.6 Å². The highest BCUT2D eigenvalue weighted by Gasteiger charge is 2.26. The van der Waals surface area contributed by atoms with Gasteiger partial charge in [0, 0.05) is 23.9 Å². The van der Waals surface area contributed by atoms with E-state index in [1.54, 1.807) is 13.0 Å². The molecule has 126 valence electrons. The first-order chi connectivity index (χ1) is 11.5. The van der Waals surface area contributed by atoms with Crippen molar-refractivity contribution in [3.8, 4) is 5.88 Å². The topological polar surface area (TPSA) is 77.0 Å². The number of aromatic nitrogens is 3. The SMILES string of the molecule is Cc1nc(NC(=O)c2cccnc2OCC(F)F)cc(C2CC2)n1. The van der Waals surface area contributed by atoms with Gasteiger partial charge in [-0.05, 0) is 31.9 Å². The van der Waals surface area contributed by atoms with Gasteiger partial charge in [-0.15, -0.1) is 0 Å². The molecule has 2 aromatic rings. The Kier molecular flexibility index (Phi) is 4.64. The molecular formula is C16H16F2N4O2. The van der Waals surface area contributed by atoms with Crippen LogP contribution >= 0.6 is 0 Å². The molecule has 1 aliphatic carbocycles. The number of ether oxygens (including phenoxy) is 1. The second kappa shape index (κ2) is 6.86. The van der Waals surface area contributed by atoms with Crippen LogP contribution in [-0.4, -0.2) is 33.9 Å². The summed E-state index contributed by atoms with van der Waals surface area (Å²) in [5.41, 5.74) is 0.973. The van der Waals surface area contributed by atoms with Crippen LogP contribution < -0.4 is 10.1 Å². The van der Waals surface area contributed by atoms with Crippen molar-refractivity contribution >= 4 is 11.7 Å². The maximum absolute atomic E-state index is 12.4. The molecule has 0 saturated heterocycles. The number of carbonyl (C=O) groups excluding carboxylic acids is 1. The van der Waals surface area contributed by atoms with E-state index in [1.807, 2.05) is 0 Å². The summed E-state index contributed by atoms with van der Waals surface area (Å²) in [5.74, 6) is 0.703. The quantitative estimate of drug-likeness (QED) is 0.879. The van der Waals surface area contributed by atoms with Crippen molar-refractivity contribution in [1.29, 1.82) is 0 Å². The van der Waals surface area contributed by atoms with Crippen LogP contribution in [0.15, 0.2) is 24.4 Å². The molecule has 0 radical (unpaired) electrons. The summed E-state index contributed by atoms with van der Waals surface area (Å²) in [6.07, 6.45) is 0.891. The highest BCUT2D eigenvalue weighted by molar-refractivity contribution is 6.05. The molecule has 24 heavy (non-hydrogen) atoms. The second-order valence-electron chi connectivity index (χ2n) is 5.51. The predicted octanol–water partition coefficient (Wildman–Crippen LogP) is 2.95. The Labute approximate surface area is 137 Å². The van der Waals surface area contributed by atoms with Gasteiger partial charge in [0.2, 0.25) is 5.88 Å². The number of nitrogens with zero attached hydrogens (tertiary/aromatic N) is 3. The van der Waals surface area contributed by atoms with Crippen molar-refractivity contribution in [2.24, 2.45) is 0 Å². The van der Waals surface area contributed by atoms with Gasteiger partial charge < -0.3 is 10.1 Å². The molecule has 1 saturated carbocycles. The average Bonchev–Trinajstić information content (AvgIpc) is 3.37. The number of alkyl halides is 2. The van der Waals surface area contributed by atoms with Crippen molar-refractivity contribution < 1.29 is 18.3 Å². The lowest BCUT2D eigenvalue weighted by molar-refractivity contribution is 0.0780. The fourth-order valence-corrected chi connectivity index (χ4v) is 2.25. The van der Waals surface area contributed by atoms with Gasteiger partial charge in [-0.2, -0.15) is 0 Å². The summed E-state index contributed by atoms with van der Waals surface area (Å²) in [6, 6.07) is 4.72. The van der Waals surface area contributed by atoms with E-state index in [0.717, 1.165) is 18.5 Å². The van der Waals surface area contributed by atoms with Crippen LogP contribution in [-0.2, 0) is 0 Å². The van der Waals surface area contributed by atoms with E-state index in [4.69, 9.17) is 4.74 Å². The molecule has 0 aliphatic heterocycles. The lowest BCUT2D eigenvalue weighted by atomic mass is 10.2. The van der Waals surface area contributed by atoms with E-state index in [2.05, 4.69) is 20.3 Å². The summed E-state index contributed by atoms with van der Waals surface area (Å²) in [5, 5.41) is 2.65. The zero-order valence-corrected chi connectivity index (χ0v) is 13.0. The lowest BCUT2D eigenvalue weighted by Crippen LogP contribution is -2.17. The fraction of sp³-hybridized carbons (Fsp3) is 0.375. The van der Waals surface area contributed by atoms with Gasteiger partial charge in [-0.25, -0.2) is 23.7 Å². The van der Waals surface area contributed by atoms with Gasteiger partial charge in [0.05, 0.1) is 0 Å². The molecule has 3 rings (SSSR count). The largest absolute Gasteiger partial charge is 0.471 e. The Bertz CT molecular complexity index is 751. The summed E-state index contributed by atoms with van der Waals surface area (Å²) in [4.78, 5) is 24.8. The van der Waals surface area contributed by atoms with Crippen molar-refractivity contribution in [2.45, 2.75) is 32.1 Å². The molecule has 1 amide bonds. The van der Waals surface area contributed by atoms with Crippen LogP contribution in [0.2, 0.25) is 0 Å². The van der Waals surface area contributed by atoms with E-state index < -0.39 is 18.9 Å². The van der Waals surface area contributed by atoms with Gasteiger partial charge >= 0.3 is 0 Å². The molecule has 0 spiro atoms. The minimum Gasteiger partial charge on any atom is -0.471 e. The number of nitrogens with one attached hydrogen (secondary N) is 1. The third-order valence-corrected chi connectivity index (χ3v) is 3.46. The molecule has 2 aromatic heterocycles. The smallest absolute Gasteiger partial charge is 0.272 e. The summed E-state index contributed by atoms with van der Waals surface area (Å²) >= 11 is 0. The van der Waals surface area contributed by atoms with Crippen LogP contribution in [0.5, 0.6) is 5.88 Å². The van der Waals surface area contributed by atoms with E-state index in [-0.39, 0.29) is 11.4 Å². The van der Waals surface area contributed by atoms with Crippen molar-refractivity contribution in [3.63, 3.8) is 0 Å². The summed E-state index contributed by atoms with van der Waals surface area (Å²) < 4.78 is 29.5. The van der Waals surface area contributed by atoms with Gasteiger partial charge in [-0.1, -0.05) is 0 Å². The average molecular weight is 334 g/mol.